The molecule has 0 saturated carbocycles. The molecule has 3 rings (SSSR count). The first-order chi connectivity index (χ1) is 14.8. The average molecular weight is 426 g/mol. The van der Waals surface area contributed by atoms with Crippen molar-refractivity contribution >= 4 is 40.0 Å². The Morgan fingerprint density at radius 1 is 1.03 bits per heavy atom. The topological polar surface area (TPSA) is 80.8 Å². The summed E-state index contributed by atoms with van der Waals surface area (Å²) >= 11 is 0. The van der Waals surface area contributed by atoms with Crippen molar-refractivity contribution in [2.24, 2.45) is 0 Å². The largest absolute Gasteiger partial charge is 0.460 e. The quantitative estimate of drug-likeness (QED) is 0.387. The monoisotopic (exact) mass is 425 g/mol. The molecule has 1 atom stereocenters. The van der Waals surface area contributed by atoms with Crippen LogP contribution in [0.2, 0.25) is 0 Å². The Morgan fingerprint density at radius 3 is 2.48 bits per heavy atom. The molecular weight excluding hydrogens is 396 g/mol. The first-order valence-corrected chi connectivity index (χ1v) is 10.6. The molecule has 0 aromatic heterocycles. The Balaban J connectivity index is 1.68. The Bertz CT molecular complexity index is 1010. The van der Waals surface area contributed by atoms with Crippen LogP contribution < -0.4 is 4.48 Å². The molecule has 1 heterocycles. The Morgan fingerprint density at radius 2 is 1.74 bits per heavy atom. The highest BCUT2D eigenvalue weighted by Gasteiger charge is 2.38. The first-order valence-electron chi connectivity index (χ1n) is 10.6. The average Bonchev–Trinajstić information content (AvgIpc) is 3.26. The van der Waals surface area contributed by atoms with Gasteiger partial charge in [-0.2, -0.15) is 0 Å². The van der Waals surface area contributed by atoms with Crippen LogP contribution in [0, 0.1) is 0 Å². The lowest BCUT2D eigenvalue weighted by atomic mass is 10.1. The van der Waals surface area contributed by atoms with Gasteiger partial charge in [0.1, 0.15) is 11.7 Å². The summed E-state index contributed by atoms with van der Waals surface area (Å²) in [6.45, 7) is 2.15. The van der Waals surface area contributed by atoms with E-state index in [0.29, 0.717) is 19.4 Å². The van der Waals surface area contributed by atoms with E-state index in [1.54, 1.807) is 6.92 Å². The minimum atomic E-state index is -0.906. The van der Waals surface area contributed by atoms with Crippen LogP contribution in [0.3, 0.4) is 0 Å². The molecule has 1 aliphatic rings. The number of ketones is 1. The summed E-state index contributed by atoms with van der Waals surface area (Å²) in [5.41, 5.74) is 0.868. The Labute approximate surface area is 182 Å². The lowest BCUT2D eigenvalue weighted by Gasteiger charge is -2.28. The number of benzene rings is 2. The van der Waals surface area contributed by atoms with Crippen molar-refractivity contribution in [3.05, 3.63) is 42.5 Å². The molecule has 0 aliphatic carbocycles. The van der Waals surface area contributed by atoms with Gasteiger partial charge in [0.05, 0.1) is 27.1 Å². The van der Waals surface area contributed by atoms with Crippen LogP contribution in [0.25, 0.3) is 10.8 Å². The number of carbonyl (C=O) groups excluding carboxylic acids is 4. The normalized spacial score (nSPS) is 16.4. The lowest BCUT2D eigenvalue weighted by molar-refractivity contribution is -0.156. The molecule has 2 aromatic carbocycles. The van der Waals surface area contributed by atoms with E-state index < -0.39 is 17.8 Å². The third kappa shape index (κ3) is 4.66. The molecule has 0 bridgehead atoms. The van der Waals surface area contributed by atoms with E-state index in [1.165, 1.54) is 4.90 Å². The van der Waals surface area contributed by atoms with Crippen molar-refractivity contribution < 1.29 is 23.9 Å². The number of nitrogens with zero attached hydrogens (tertiary/aromatic N) is 2. The summed E-state index contributed by atoms with van der Waals surface area (Å²) in [6, 6.07) is 12.9. The number of quaternary nitrogens is 1. The van der Waals surface area contributed by atoms with Crippen LogP contribution in [0.1, 0.15) is 32.6 Å². The van der Waals surface area contributed by atoms with E-state index in [2.05, 4.69) is 0 Å². The zero-order valence-corrected chi connectivity index (χ0v) is 18.3. The number of likely N-dealkylation sites (tertiary alicyclic amines) is 1. The molecule has 7 nitrogen and oxygen atoms in total. The van der Waals surface area contributed by atoms with Gasteiger partial charge in [0.25, 0.3) is 5.78 Å². The highest BCUT2D eigenvalue weighted by Crippen LogP contribution is 2.30. The zero-order chi connectivity index (χ0) is 22.6. The van der Waals surface area contributed by atoms with E-state index in [-0.39, 0.29) is 35.7 Å². The fourth-order valence-corrected chi connectivity index (χ4v) is 4.14. The number of Topliss-reactive ketones (excluding diaryl/α,β-unsaturated/α-hetero) is 1. The summed E-state index contributed by atoms with van der Waals surface area (Å²) in [5, 5.41) is 2.04. The predicted molar refractivity (Wildman–Crippen MR) is 118 cm³/mol. The van der Waals surface area contributed by atoms with Crippen LogP contribution in [0.15, 0.2) is 42.5 Å². The second-order valence-electron chi connectivity index (χ2n) is 8.18. The summed E-state index contributed by atoms with van der Waals surface area (Å²) in [4.78, 5) is 51.4. The van der Waals surface area contributed by atoms with Crippen LogP contribution in [0.4, 0.5) is 5.69 Å². The van der Waals surface area contributed by atoms with Gasteiger partial charge in [-0.3, -0.25) is 9.59 Å². The van der Waals surface area contributed by atoms with Gasteiger partial charge in [0, 0.05) is 24.4 Å². The van der Waals surface area contributed by atoms with E-state index in [4.69, 9.17) is 4.74 Å². The van der Waals surface area contributed by atoms with Crippen molar-refractivity contribution in [2.45, 2.75) is 38.6 Å². The SMILES string of the molecule is CCOC(=O)C(=O)[C@@H]1CCCN1C(=O)CCC(=O)[N+](C)(C)c1cccc2ccccc12. The van der Waals surface area contributed by atoms with E-state index >= 15 is 0 Å². The van der Waals surface area contributed by atoms with Crippen molar-refractivity contribution in [1.82, 2.24) is 9.38 Å². The molecule has 2 amide bonds. The van der Waals surface area contributed by atoms with E-state index in [9.17, 15) is 19.2 Å². The summed E-state index contributed by atoms with van der Waals surface area (Å²) in [7, 11) is 3.63. The number of carbonyl (C=O) groups is 4. The summed E-state index contributed by atoms with van der Waals surface area (Å²) < 4.78 is 4.80. The third-order valence-corrected chi connectivity index (χ3v) is 5.90. The number of hydrogen-bond donors (Lipinski definition) is 0. The molecule has 1 saturated heterocycles. The predicted octanol–water partition coefficient (Wildman–Crippen LogP) is 2.84. The summed E-state index contributed by atoms with van der Waals surface area (Å²) in [6.07, 6.45) is 1.13. The van der Waals surface area contributed by atoms with Gasteiger partial charge in [-0.1, -0.05) is 30.3 Å². The van der Waals surface area contributed by atoms with Gasteiger partial charge in [-0.05, 0) is 31.2 Å². The van der Waals surface area contributed by atoms with Gasteiger partial charge in [-0.25, -0.2) is 14.1 Å². The van der Waals surface area contributed by atoms with Gasteiger partial charge in [-0.15, -0.1) is 0 Å². The number of esters is 1. The van der Waals surface area contributed by atoms with Crippen molar-refractivity contribution in [1.29, 1.82) is 0 Å². The molecule has 1 fully saturated rings. The number of ether oxygens (including phenoxy) is 1. The zero-order valence-electron chi connectivity index (χ0n) is 18.3. The van der Waals surface area contributed by atoms with Crippen molar-refractivity contribution in [3.8, 4) is 0 Å². The van der Waals surface area contributed by atoms with E-state index in [1.807, 2.05) is 56.6 Å². The molecule has 31 heavy (non-hydrogen) atoms. The molecule has 0 unspecified atom stereocenters. The van der Waals surface area contributed by atoms with Crippen LogP contribution >= 0.6 is 0 Å². The van der Waals surface area contributed by atoms with Gasteiger partial charge in [0.2, 0.25) is 5.91 Å². The van der Waals surface area contributed by atoms with Crippen LogP contribution in [-0.2, 0) is 23.9 Å². The maximum absolute atomic E-state index is 13.1. The standard InChI is InChI=1S/C24H29N2O5/c1-4-31-24(30)23(29)19-12-8-16-25(19)21(27)14-15-22(28)26(2,3)20-13-7-10-17-9-5-6-11-18(17)20/h5-7,9-11,13,19H,4,8,12,14-16H2,1-3H3/q+1/t19-/m0/s1. The van der Waals surface area contributed by atoms with Gasteiger partial charge in [0.15, 0.2) is 0 Å². The molecule has 164 valence electrons. The lowest BCUT2D eigenvalue weighted by Crippen LogP contribution is -2.48. The Hall–Kier alpha value is -3.06. The maximum atomic E-state index is 13.1. The van der Waals surface area contributed by atoms with Crippen molar-refractivity contribution in [2.75, 3.05) is 27.2 Å². The third-order valence-electron chi connectivity index (χ3n) is 5.90. The fourth-order valence-electron chi connectivity index (χ4n) is 4.14. The number of fused-ring (bicyclic) bond motifs is 1. The van der Waals surface area contributed by atoms with Crippen molar-refractivity contribution in [3.63, 3.8) is 0 Å². The number of amides is 2. The Kier molecular flexibility index (Phi) is 6.85. The van der Waals surface area contributed by atoms with E-state index in [0.717, 1.165) is 16.5 Å². The number of rotatable bonds is 7. The maximum Gasteiger partial charge on any atom is 0.376 e. The van der Waals surface area contributed by atoms with Crippen LogP contribution in [-0.4, -0.2) is 61.8 Å². The highest BCUT2D eigenvalue weighted by molar-refractivity contribution is 6.36. The van der Waals surface area contributed by atoms with Crippen LogP contribution in [0.5, 0.6) is 0 Å². The molecule has 0 radical (unpaired) electrons. The minimum Gasteiger partial charge on any atom is -0.460 e. The molecular formula is C24H29N2O5+. The smallest absolute Gasteiger partial charge is 0.376 e. The number of hydrogen-bond acceptors (Lipinski definition) is 5. The highest BCUT2D eigenvalue weighted by atomic mass is 16.5. The molecule has 1 aliphatic heterocycles. The molecule has 2 aromatic rings. The van der Waals surface area contributed by atoms with Gasteiger partial charge < -0.3 is 9.64 Å². The molecule has 0 spiro atoms. The second-order valence-corrected chi connectivity index (χ2v) is 8.18. The fraction of sp³-hybridized carbons (Fsp3) is 0.417. The first kappa shape index (κ1) is 22.6. The second kappa shape index (κ2) is 9.39. The molecule has 7 heteroatoms. The minimum absolute atomic E-state index is 0.00210. The van der Waals surface area contributed by atoms with Gasteiger partial charge >= 0.3 is 11.9 Å². The molecule has 0 N–H and O–H groups in total. The summed E-state index contributed by atoms with van der Waals surface area (Å²) in [5.74, 6) is -1.98.